The summed E-state index contributed by atoms with van der Waals surface area (Å²) >= 11 is 6.04. The number of nitrogens with one attached hydrogen (secondary N) is 1. The van der Waals surface area contributed by atoms with Gasteiger partial charge in [-0.3, -0.25) is 9.78 Å². The number of H-pyrrole nitrogens is 1. The summed E-state index contributed by atoms with van der Waals surface area (Å²) in [6.45, 7) is 5.13. The van der Waals surface area contributed by atoms with E-state index in [0.29, 0.717) is 10.9 Å². The van der Waals surface area contributed by atoms with Gasteiger partial charge >= 0.3 is 5.97 Å². The minimum Gasteiger partial charge on any atom is -0.481 e. The summed E-state index contributed by atoms with van der Waals surface area (Å²) in [6.07, 6.45) is 3.42. The van der Waals surface area contributed by atoms with Crippen LogP contribution in [0.3, 0.4) is 0 Å². The Morgan fingerprint density at radius 1 is 1.13 bits per heavy atom. The SMILES string of the molecule is Cc1cc(-c2ccc(-c3nc4ccc(Cl)cc4[nH]3)cn2)cnc1OCC(C)(C)C(=O)O. The molecule has 0 aliphatic carbocycles. The number of aromatic nitrogens is 4. The van der Waals surface area contributed by atoms with E-state index in [9.17, 15) is 9.90 Å². The van der Waals surface area contributed by atoms with Crippen molar-refractivity contribution in [2.45, 2.75) is 20.8 Å². The Morgan fingerprint density at radius 2 is 1.90 bits per heavy atom. The number of aryl methyl sites for hydroxylation is 1. The number of hydrogen-bond acceptors (Lipinski definition) is 5. The smallest absolute Gasteiger partial charge is 0.312 e. The number of carbonyl (C=O) groups is 1. The molecule has 0 saturated carbocycles. The first-order valence-electron chi connectivity index (χ1n) is 9.68. The standard InChI is InChI=1S/C23H21ClN4O3/c1-13-8-15(11-26-21(13)31-12-23(2,3)22(29)30)17-6-4-14(10-25-17)20-27-18-7-5-16(24)9-19(18)28-20/h4-11H,12H2,1-3H3,(H,27,28)(H,29,30). The van der Waals surface area contributed by atoms with Crippen molar-refractivity contribution in [2.75, 3.05) is 6.61 Å². The van der Waals surface area contributed by atoms with Crippen LogP contribution in [-0.2, 0) is 4.79 Å². The van der Waals surface area contributed by atoms with E-state index in [0.717, 1.165) is 39.2 Å². The van der Waals surface area contributed by atoms with Crippen molar-refractivity contribution in [3.8, 4) is 28.5 Å². The van der Waals surface area contributed by atoms with Crippen molar-refractivity contribution in [3.05, 3.63) is 59.4 Å². The molecule has 0 atom stereocenters. The lowest BCUT2D eigenvalue weighted by Gasteiger charge is -2.19. The topological polar surface area (TPSA) is 101 Å². The van der Waals surface area contributed by atoms with Gasteiger partial charge in [0.2, 0.25) is 5.88 Å². The highest BCUT2D eigenvalue weighted by Gasteiger charge is 2.28. The van der Waals surface area contributed by atoms with Gasteiger partial charge in [-0.25, -0.2) is 9.97 Å². The molecule has 0 radical (unpaired) electrons. The summed E-state index contributed by atoms with van der Waals surface area (Å²) in [4.78, 5) is 28.0. The minimum absolute atomic E-state index is 0.0329. The largest absolute Gasteiger partial charge is 0.481 e. The zero-order valence-electron chi connectivity index (χ0n) is 17.3. The molecule has 31 heavy (non-hydrogen) atoms. The first-order chi connectivity index (χ1) is 14.7. The highest BCUT2D eigenvalue weighted by molar-refractivity contribution is 6.31. The molecular weight excluding hydrogens is 416 g/mol. The second-order valence-electron chi connectivity index (χ2n) is 8.00. The quantitative estimate of drug-likeness (QED) is 0.434. The molecular formula is C23H21ClN4O3. The van der Waals surface area contributed by atoms with Gasteiger partial charge in [0.1, 0.15) is 12.4 Å². The number of carboxylic acid groups (broad SMARTS) is 1. The molecule has 0 fully saturated rings. The highest BCUT2D eigenvalue weighted by atomic mass is 35.5. The van der Waals surface area contributed by atoms with Crippen LogP contribution in [0.25, 0.3) is 33.7 Å². The third-order valence-electron chi connectivity index (χ3n) is 4.96. The summed E-state index contributed by atoms with van der Waals surface area (Å²) in [7, 11) is 0. The number of aliphatic carboxylic acids is 1. The Balaban J connectivity index is 1.53. The van der Waals surface area contributed by atoms with Crippen LogP contribution in [0.4, 0.5) is 0 Å². The summed E-state index contributed by atoms with van der Waals surface area (Å²) in [6, 6.07) is 11.3. The van der Waals surface area contributed by atoms with Crippen LogP contribution >= 0.6 is 11.6 Å². The van der Waals surface area contributed by atoms with E-state index >= 15 is 0 Å². The molecule has 3 heterocycles. The van der Waals surface area contributed by atoms with Gasteiger partial charge in [0.25, 0.3) is 0 Å². The van der Waals surface area contributed by atoms with E-state index in [-0.39, 0.29) is 6.61 Å². The Hall–Kier alpha value is -3.45. The molecule has 4 rings (SSSR count). The summed E-state index contributed by atoms with van der Waals surface area (Å²) in [5.74, 6) is 0.213. The molecule has 0 amide bonds. The molecule has 7 nitrogen and oxygen atoms in total. The van der Waals surface area contributed by atoms with Gasteiger partial charge in [-0.1, -0.05) is 11.6 Å². The molecule has 3 aromatic heterocycles. The van der Waals surface area contributed by atoms with Crippen LogP contribution in [0, 0.1) is 12.3 Å². The number of fused-ring (bicyclic) bond motifs is 1. The van der Waals surface area contributed by atoms with Crippen molar-refractivity contribution in [1.82, 2.24) is 19.9 Å². The zero-order valence-corrected chi connectivity index (χ0v) is 18.1. The van der Waals surface area contributed by atoms with Gasteiger partial charge in [-0.05, 0) is 57.2 Å². The molecule has 0 aliphatic rings. The lowest BCUT2D eigenvalue weighted by molar-refractivity contribution is -0.148. The van der Waals surface area contributed by atoms with Crippen LogP contribution in [0.15, 0.2) is 48.8 Å². The summed E-state index contributed by atoms with van der Waals surface area (Å²) < 4.78 is 5.63. The number of halogens is 1. The fraction of sp³-hybridized carbons (Fsp3) is 0.217. The van der Waals surface area contributed by atoms with Crippen LogP contribution in [0.5, 0.6) is 5.88 Å². The number of imidazole rings is 1. The molecule has 2 N–H and O–H groups in total. The van der Waals surface area contributed by atoms with Crippen LogP contribution in [0.2, 0.25) is 5.02 Å². The van der Waals surface area contributed by atoms with Crippen molar-refractivity contribution in [3.63, 3.8) is 0 Å². The lowest BCUT2D eigenvalue weighted by atomic mass is 9.95. The first-order valence-corrected chi connectivity index (χ1v) is 10.1. The monoisotopic (exact) mass is 436 g/mol. The second-order valence-corrected chi connectivity index (χ2v) is 8.44. The number of pyridine rings is 2. The summed E-state index contributed by atoms with van der Waals surface area (Å²) in [5.41, 5.74) is 3.97. The van der Waals surface area contributed by atoms with E-state index in [1.807, 2.05) is 37.3 Å². The average Bonchev–Trinajstić information content (AvgIpc) is 3.16. The number of carboxylic acids is 1. The number of aromatic amines is 1. The Bertz CT molecular complexity index is 1270. The van der Waals surface area contributed by atoms with Gasteiger partial charge in [0, 0.05) is 34.1 Å². The molecule has 0 aliphatic heterocycles. The Morgan fingerprint density at radius 3 is 2.58 bits per heavy atom. The van der Waals surface area contributed by atoms with Gasteiger partial charge in [-0.15, -0.1) is 0 Å². The maximum Gasteiger partial charge on any atom is 0.312 e. The third-order valence-corrected chi connectivity index (χ3v) is 5.19. The van der Waals surface area contributed by atoms with Crippen LogP contribution < -0.4 is 4.74 Å². The van der Waals surface area contributed by atoms with Crippen molar-refractivity contribution in [1.29, 1.82) is 0 Å². The molecule has 8 heteroatoms. The summed E-state index contributed by atoms with van der Waals surface area (Å²) in [5, 5.41) is 9.87. The number of benzene rings is 1. The van der Waals surface area contributed by atoms with E-state index in [1.165, 1.54) is 0 Å². The van der Waals surface area contributed by atoms with Gasteiger partial charge in [0.15, 0.2) is 0 Å². The van der Waals surface area contributed by atoms with E-state index < -0.39 is 11.4 Å². The Labute approximate surface area is 184 Å². The normalized spacial score (nSPS) is 11.6. The zero-order chi connectivity index (χ0) is 22.2. The van der Waals surface area contributed by atoms with Crippen molar-refractivity contribution in [2.24, 2.45) is 5.41 Å². The Kier molecular flexibility index (Phi) is 5.37. The molecule has 0 saturated heterocycles. The van der Waals surface area contributed by atoms with E-state index in [1.54, 1.807) is 32.3 Å². The molecule has 0 bridgehead atoms. The molecule has 1 aromatic carbocycles. The maximum atomic E-state index is 11.2. The van der Waals surface area contributed by atoms with Crippen molar-refractivity contribution < 1.29 is 14.6 Å². The van der Waals surface area contributed by atoms with E-state index in [2.05, 4.69) is 19.9 Å². The fourth-order valence-corrected chi connectivity index (χ4v) is 3.16. The third kappa shape index (κ3) is 4.36. The number of ether oxygens (including phenoxy) is 1. The molecule has 0 unspecified atom stereocenters. The van der Waals surface area contributed by atoms with Crippen LogP contribution in [-0.4, -0.2) is 37.6 Å². The predicted octanol–water partition coefficient (Wildman–Crippen LogP) is 5.14. The second kappa shape index (κ2) is 8.00. The predicted molar refractivity (Wildman–Crippen MR) is 119 cm³/mol. The van der Waals surface area contributed by atoms with E-state index in [4.69, 9.17) is 16.3 Å². The minimum atomic E-state index is -0.994. The number of nitrogens with zero attached hydrogens (tertiary/aromatic N) is 3. The maximum absolute atomic E-state index is 11.2. The van der Waals surface area contributed by atoms with Crippen molar-refractivity contribution >= 4 is 28.6 Å². The van der Waals surface area contributed by atoms with Gasteiger partial charge in [-0.2, -0.15) is 0 Å². The average molecular weight is 437 g/mol. The first kappa shape index (κ1) is 20.8. The lowest BCUT2D eigenvalue weighted by Crippen LogP contribution is -2.31. The van der Waals surface area contributed by atoms with Gasteiger partial charge in [0.05, 0.1) is 22.1 Å². The molecule has 158 valence electrons. The van der Waals surface area contributed by atoms with Crippen LogP contribution in [0.1, 0.15) is 19.4 Å². The molecule has 0 spiro atoms. The number of rotatable bonds is 6. The highest BCUT2D eigenvalue weighted by Crippen LogP contribution is 2.27. The number of hydrogen-bond donors (Lipinski definition) is 2. The van der Waals surface area contributed by atoms with Gasteiger partial charge < -0.3 is 14.8 Å². The molecule has 4 aromatic rings. The fourth-order valence-electron chi connectivity index (χ4n) is 2.99.